The Balaban J connectivity index is 2.53. The zero-order valence-electron chi connectivity index (χ0n) is 10.1. The van der Waals surface area contributed by atoms with Crippen LogP contribution in [0.5, 0.6) is 5.75 Å². The lowest BCUT2D eigenvalue weighted by molar-refractivity contribution is 0.0697. The summed E-state index contributed by atoms with van der Waals surface area (Å²) < 4.78 is 18.8. The Hall–Kier alpha value is -2.63. The molecule has 1 aromatic carbocycles. The molecule has 0 atom stereocenters. The molecule has 6 heteroatoms. The second-order valence-corrected chi connectivity index (χ2v) is 3.81. The van der Waals surface area contributed by atoms with E-state index >= 15 is 0 Å². The lowest BCUT2D eigenvalue weighted by Gasteiger charge is -2.07. The van der Waals surface area contributed by atoms with Gasteiger partial charge in [0.2, 0.25) is 0 Å². The first-order valence-electron chi connectivity index (χ1n) is 5.35. The molecule has 0 amide bonds. The molecule has 1 aromatic heterocycles. The van der Waals surface area contributed by atoms with E-state index in [2.05, 4.69) is 4.98 Å². The lowest BCUT2D eigenvalue weighted by atomic mass is 10.0. The van der Waals surface area contributed by atoms with E-state index in [1.165, 1.54) is 31.5 Å². The van der Waals surface area contributed by atoms with Crippen molar-refractivity contribution in [1.82, 2.24) is 4.98 Å². The molecule has 0 unspecified atom stereocenters. The van der Waals surface area contributed by atoms with Crippen LogP contribution >= 0.6 is 0 Å². The van der Waals surface area contributed by atoms with Gasteiger partial charge in [0.05, 0.1) is 7.11 Å². The SMILES string of the molecule is COc1ccc(-c2cnc(N)c(C(=O)O)c2)c(F)c1. The summed E-state index contributed by atoms with van der Waals surface area (Å²) in [6.07, 6.45) is 1.33. The van der Waals surface area contributed by atoms with E-state index in [0.717, 1.165) is 0 Å². The Kier molecular flexibility index (Phi) is 3.33. The third kappa shape index (κ3) is 2.47. The summed E-state index contributed by atoms with van der Waals surface area (Å²) in [5.41, 5.74) is 5.86. The Morgan fingerprint density at radius 1 is 1.42 bits per heavy atom. The van der Waals surface area contributed by atoms with Crippen LogP contribution in [0.25, 0.3) is 11.1 Å². The number of hydrogen-bond donors (Lipinski definition) is 2. The van der Waals surface area contributed by atoms with E-state index in [4.69, 9.17) is 15.6 Å². The van der Waals surface area contributed by atoms with Crippen LogP contribution < -0.4 is 10.5 Å². The Morgan fingerprint density at radius 3 is 2.74 bits per heavy atom. The van der Waals surface area contributed by atoms with Crippen molar-refractivity contribution in [3.63, 3.8) is 0 Å². The highest BCUT2D eigenvalue weighted by Gasteiger charge is 2.13. The van der Waals surface area contributed by atoms with Crippen molar-refractivity contribution in [1.29, 1.82) is 0 Å². The van der Waals surface area contributed by atoms with Gasteiger partial charge >= 0.3 is 5.97 Å². The number of carbonyl (C=O) groups is 1. The first-order valence-corrected chi connectivity index (χ1v) is 5.35. The maximum absolute atomic E-state index is 13.9. The van der Waals surface area contributed by atoms with Crippen LogP contribution in [0.2, 0.25) is 0 Å². The average molecular weight is 262 g/mol. The number of nitrogens with zero attached hydrogens (tertiary/aromatic N) is 1. The van der Waals surface area contributed by atoms with Crippen molar-refractivity contribution >= 4 is 11.8 Å². The molecule has 2 rings (SSSR count). The normalized spacial score (nSPS) is 10.2. The number of benzene rings is 1. The average Bonchev–Trinajstić information content (AvgIpc) is 2.39. The fourth-order valence-electron chi connectivity index (χ4n) is 1.65. The second-order valence-electron chi connectivity index (χ2n) is 3.81. The third-order valence-electron chi connectivity index (χ3n) is 2.64. The molecule has 0 aliphatic rings. The summed E-state index contributed by atoms with van der Waals surface area (Å²) in [5.74, 6) is -1.46. The molecule has 0 saturated carbocycles. The number of methoxy groups -OCH3 is 1. The van der Waals surface area contributed by atoms with Gasteiger partial charge in [-0.05, 0) is 18.2 Å². The van der Waals surface area contributed by atoms with Crippen LogP contribution in [-0.4, -0.2) is 23.2 Å². The minimum absolute atomic E-state index is 0.106. The van der Waals surface area contributed by atoms with E-state index in [-0.39, 0.29) is 16.9 Å². The van der Waals surface area contributed by atoms with E-state index in [9.17, 15) is 9.18 Å². The highest BCUT2D eigenvalue weighted by Crippen LogP contribution is 2.27. The Labute approximate surface area is 108 Å². The number of rotatable bonds is 3. The summed E-state index contributed by atoms with van der Waals surface area (Å²) >= 11 is 0. The van der Waals surface area contributed by atoms with Crippen molar-refractivity contribution in [2.75, 3.05) is 12.8 Å². The van der Waals surface area contributed by atoms with Crippen molar-refractivity contribution in [3.8, 4) is 16.9 Å². The number of aromatic carboxylic acids is 1. The fourth-order valence-corrected chi connectivity index (χ4v) is 1.65. The zero-order valence-corrected chi connectivity index (χ0v) is 10.1. The molecule has 19 heavy (non-hydrogen) atoms. The number of carboxylic acids is 1. The van der Waals surface area contributed by atoms with E-state index in [0.29, 0.717) is 11.3 Å². The highest BCUT2D eigenvalue weighted by atomic mass is 19.1. The van der Waals surface area contributed by atoms with Gasteiger partial charge in [0, 0.05) is 23.4 Å². The van der Waals surface area contributed by atoms with Crippen molar-refractivity contribution in [3.05, 3.63) is 41.8 Å². The van der Waals surface area contributed by atoms with Crippen LogP contribution in [0.3, 0.4) is 0 Å². The number of pyridine rings is 1. The molecule has 0 saturated heterocycles. The summed E-state index contributed by atoms with van der Waals surface area (Å²) in [4.78, 5) is 14.7. The topological polar surface area (TPSA) is 85.4 Å². The predicted octanol–water partition coefficient (Wildman–Crippen LogP) is 2.18. The highest BCUT2D eigenvalue weighted by molar-refractivity contribution is 5.94. The molecule has 1 heterocycles. The molecule has 5 nitrogen and oxygen atoms in total. The number of anilines is 1. The number of nitrogen functional groups attached to an aromatic ring is 1. The molecular weight excluding hydrogens is 251 g/mol. The number of aromatic nitrogens is 1. The van der Waals surface area contributed by atoms with Crippen molar-refractivity contribution in [2.24, 2.45) is 0 Å². The van der Waals surface area contributed by atoms with Gasteiger partial charge in [-0.1, -0.05) is 0 Å². The van der Waals surface area contributed by atoms with Crippen LogP contribution in [0, 0.1) is 5.82 Å². The molecule has 0 fully saturated rings. The summed E-state index contributed by atoms with van der Waals surface area (Å²) in [6.45, 7) is 0. The molecule has 0 spiro atoms. The number of ether oxygens (including phenoxy) is 1. The van der Waals surface area contributed by atoms with Crippen LogP contribution in [0.4, 0.5) is 10.2 Å². The van der Waals surface area contributed by atoms with E-state index in [1.807, 2.05) is 0 Å². The second kappa shape index (κ2) is 4.93. The van der Waals surface area contributed by atoms with Gasteiger partial charge in [-0.25, -0.2) is 14.2 Å². The number of nitrogens with two attached hydrogens (primary N) is 1. The molecular formula is C13H11FN2O3. The molecule has 2 aromatic rings. The van der Waals surface area contributed by atoms with Crippen molar-refractivity contribution in [2.45, 2.75) is 0 Å². The Bertz CT molecular complexity index is 644. The molecule has 0 radical (unpaired) electrons. The first kappa shape index (κ1) is 12.8. The predicted molar refractivity (Wildman–Crippen MR) is 67.6 cm³/mol. The number of hydrogen-bond acceptors (Lipinski definition) is 4. The molecule has 98 valence electrons. The maximum atomic E-state index is 13.9. The largest absolute Gasteiger partial charge is 0.497 e. The monoisotopic (exact) mass is 262 g/mol. The van der Waals surface area contributed by atoms with Crippen LogP contribution in [-0.2, 0) is 0 Å². The van der Waals surface area contributed by atoms with Gasteiger partial charge in [0.1, 0.15) is 22.9 Å². The summed E-state index contributed by atoms with van der Waals surface area (Å²) in [6, 6.07) is 5.57. The number of halogens is 1. The first-order chi connectivity index (χ1) is 9.02. The van der Waals surface area contributed by atoms with E-state index < -0.39 is 11.8 Å². The van der Waals surface area contributed by atoms with Gasteiger partial charge in [0.15, 0.2) is 0 Å². The molecule has 0 aliphatic carbocycles. The Morgan fingerprint density at radius 2 is 2.16 bits per heavy atom. The minimum atomic E-state index is -1.21. The molecule has 0 aliphatic heterocycles. The lowest BCUT2D eigenvalue weighted by Crippen LogP contribution is -2.04. The van der Waals surface area contributed by atoms with Gasteiger partial charge in [-0.15, -0.1) is 0 Å². The summed E-state index contributed by atoms with van der Waals surface area (Å²) in [5, 5.41) is 8.95. The van der Waals surface area contributed by atoms with Gasteiger partial charge in [-0.2, -0.15) is 0 Å². The smallest absolute Gasteiger partial charge is 0.339 e. The third-order valence-corrected chi connectivity index (χ3v) is 2.64. The van der Waals surface area contributed by atoms with Gasteiger partial charge < -0.3 is 15.6 Å². The maximum Gasteiger partial charge on any atom is 0.339 e. The minimum Gasteiger partial charge on any atom is -0.497 e. The van der Waals surface area contributed by atoms with Gasteiger partial charge in [-0.3, -0.25) is 0 Å². The quantitative estimate of drug-likeness (QED) is 0.885. The zero-order chi connectivity index (χ0) is 14.0. The number of carboxylic acid groups (broad SMARTS) is 1. The van der Waals surface area contributed by atoms with Crippen molar-refractivity contribution < 1.29 is 19.0 Å². The van der Waals surface area contributed by atoms with Gasteiger partial charge in [0.25, 0.3) is 0 Å². The molecule has 0 bridgehead atoms. The van der Waals surface area contributed by atoms with Crippen LogP contribution in [0.1, 0.15) is 10.4 Å². The summed E-state index contributed by atoms with van der Waals surface area (Å²) in [7, 11) is 1.43. The van der Waals surface area contributed by atoms with Crippen LogP contribution in [0.15, 0.2) is 30.5 Å². The van der Waals surface area contributed by atoms with E-state index in [1.54, 1.807) is 6.07 Å². The molecule has 3 N–H and O–H groups in total. The standard InChI is InChI=1S/C13H11FN2O3/c1-19-8-2-3-9(11(14)5-8)7-4-10(13(17)18)12(15)16-6-7/h2-6H,1H3,(H2,15,16)(H,17,18). The fraction of sp³-hybridized carbons (Fsp3) is 0.0769.